The average Bonchev–Trinajstić information content (AvgIpc) is 0.820. The lowest BCUT2D eigenvalue weighted by Gasteiger charge is -2.41. The zero-order valence-corrected chi connectivity index (χ0v) is 60.8. The maximum atomic E-state index is 15.3. The molecule has 0 saturated carbocycles. The van der Waals surface area contributed by atoms with Gasteiger partial charge in [0.1, 0.15) is 66.2 Å². The van der Waals surface area contributed by atoms with E-state index in [2.05, 4.69) is 21.3 Å². The van der Waals surface area contributed by atoms with Crippen molar-refractivity contribution in [3.05, 3.63) is 0 Å². The van der Waals surface area contributed by atoms with E-state index in [4.69, 9.17) is 0 Å². The first kappa shape index (κ1) is 83.8. The second-order valence-corrected chi connectivity index (χ2v) is 28.6. The Kier molecular flexibility index (Phi) is 36.0. The van der Waals surface area contributed by atoms with E-state index in [1.807, 2.05) is 55.4 Å². The van der Waals surface area contributed by atoms with Gasteiger partial charge in [-0.3, -0.25) is 52.7 Å². The number of ketones is 1. The number of carbonyl (C=O) groups is 12. The fraction of sp³-hybridized carbons (Fsp3) is 0.824. The van der Waals surface area contributed by atoms with Gasteiger partial charge in [-0.2, -0.15) is 0 Å². The molecule has 0 unspecified atom stereocenters. The minimum atomic E-state index is -1.61. The van der Waals surface area contributed by atoms with Crippen molar-refractivity contribution in [2.24, 2.45) is 41.4 Å². The molecule has 0 aromatic heterocycles. The molecule has 24 heteroatoms. The molecule has 24 nitrogen and oxygen atoms in total. The molecule has 528 valence electrons. The molecular formula is C68H123N11O13. The topological polar surface area (TPSA) is 296 Å². The number of Topliss-reactive ketones (excluding diaryl/α,β-unsaturated/α-hetero) is 1. The maximum Gasteiger partial charge on any atom is 0.246 e. The Morgan fingerprint density at radius 3 is 1.33 bits per heavy atom. The van der Waals surface area contributed by atoms with E-state index in [0.717, 1.165) is 41.9 Å². The monoisotopic (exact) mass is 1300 g/mol. The molecule has 0 aliphatic carbocycles. The minimum absolute atomic E-state index is 0.0168. The summed E-state index contributed by atoms with van der Waals surface area (Å²) in [5, 5.41) is 23.4. The SMILES string of the molecule is CC[C@@H]1NC(=O)[C@H]([C@H](O)[C@H](C)CCCCCCCCC(C)=O)N(C)C(=O)[C@H](C(C)C)N(C)C(=O)[C@H](CC(C)C)N(C)C(=O)[C@H](CC(C)C)N(C)C(=O)[C@@H](C)NC(=O)[C@H](C)NC(=O)[C@H](CC(C)C)N(C)C(=O)[C@H](C(C)C)NC(=O)[C@H](CC(C)C)N(C)C(=O)CN(C)C1=O. The molecule has 11 amide bonds. The number of hydrogen-bond acceptors (Lipinski definition) is 13. The van der Waals surface area contributed by atoms with Crippen molar-refractivity contribution in [1.82, 2.24) is 55.6 Å². The van der Waals surface area contributed by atoms with Gasteiger partial charge in [-0.1, -0.05) is 129 Å². The highest BCUT2D eigenvalue weighted by molar-refractivity contribution is 5.99. The average molecular weight is 1300 g/mol. The molecule has 1 aliphatic rings. The van der Waals surface area contributed by atoms with E-state index in [-0.39, 0.29) is 61.6 Å². The number of aliphatic hydroxyl groups is 1. The molecule has 0 radical (unpaired) electrons. The van der Waals surface area contributed by atoms with Gasteiger partial charge >= 0.3 is 0 Å². The highest BCUT2D eigenvalue weighted by Crippen LogP contribution is 2.26. The number of hydrogen-bond donors (Lipinski definition) is 5. The molecular weight excluding hydrogens is 1180 g/mol. The molecule has 92 heavy (non-hydrogen) atoms. The van der Waals surface area contributed by atoms with Crippen LogP contribution in [0.3, 0.4) is 0 Å². The van der Waals surface area contributed by atoms with Crippen molar-refractivity contribution in [3.63, 3.8) is 0 Å². The van der Waals surface area contributed by atoms with E-state index in [1.165, 1.54) is 87.7 Å². The lowest BCUT2D eigenvalue weighted by molar-refractivity contribution is -0.157. The number of nitrogens with zero attached hydrogens (tertiary/aromatic N) is 7. The fourth-order valence-electron chi connectivity index (χ4n) is 11.9. The van der Waals surface area contributed by atoms with E-state index in [0.29, 0.717) is 19.3 Å². The number of rotatable bonds is 22. The summed E-state index contributed by atoms with van der Waals surface area (Å²) in [5.74, 6) is -9.58. The third kappa shape index (κ3) is 25.3. The van der Waals surface area contributed by atoms with Crippen LogP contribution in [0.5, 0.6) is 0 Å². The highest BCUT2D eigenvalue weighted by atomic mass is 16.3. The Morgan fingerprint density at radius 2 is 0.859 bits per heavy atom. The molecule has 0 aromatic rings. The molecule has 1 saturated heterocycles. The maximum absolute atomic E-state index is 15.3. The van der Waals surface area contributed by atoms with Crippen LogP contribution in [0.2, 0.25) is 0 Å². The summed E-state index contributed by atoms with van der Waals surface area (Å²) in [6.45, 7) is 29.2. The van der Waals surface area contributed by atoms with Gasteiger partial charge in [0.05, 0.1) is 12.6 Å². The molecule has 12 atom stereocenters. The Labute approximate surface area is 551 Å². The van der Waals surface area contributed by atoms with Crippen molar-refractivity contribution >= 4 is 70.8 Å². The van der Waals surface area contributed by atoms with Crippen LogP contribution in [0.25, 0.3) is 0 Å². The summed E-state index contributed by atoms with van der Waals surface area (Å²) < 4.78 is 0. The normalized spacial score (nSPS) is 25.6. The van der Waals surface area contributed by atoms with E-state index >= 15 is 19.2 Å². The third-order valence-corrected chi connectivity index (χ3v) is 17.8. The fourth-order valence-corrected chi connectivity index (χ4v) is 11.9. The second-order valence-electron chi connectivity index (χ2n) is 28.6. The smallest absolute Gasteiger partial charge is 0.246 e. The van der Waals surface area contributed by atoms with Crippen LogP contribution in [0.4, 0.5) is 0 Å². The quantitative estimate of drug-likeness (QED) is 0.0892. The first-order valence-electron chi connectivity index (χ1n) is 33.8. The summed E-state index contributed by atoms with van der Waals surface area (Å²) in [5.41, 5.74) is 0. The van der Waals surface area contributed by atoms with Crippen molar-refractivity contribution in [3.8, 4) is 0 Å². The van der Waals surface area contributed by atoms with Crippen LogP contribution >= 0.6 is 0 Å². The predicted octanol–water partition coefficient (Wildman–Crippen LogP) is 5.01. The van der Waals surface area contributed by atoms with Crippen molar-refractivity contribution in [1.29, 1.82) is 0 Å². The number of likely N-dealkylation sites (N-methyl/N-ethyl adjacent to an activating group) is 7. The van der Waals surface area contributed by atoms with Crippen molar-refractivity contribution in [2.75, 3.05) is 55.9 Å². The molecule has 5 N–H and O–H groups in total. The number of unbranched alkanes of at least 4 members (excludes halogenated alkanes) is 5. The van der Waals surface area contributed by atoms with Gasteiger partial charge in [-0.25, -0.2) is 0 Å². The Bertz CT molecular complexity index is 2470. The van der Waals surface area contributed by atoms with Gasteiger partial charge < -0.3 is 65.5 Å². The molecule has 0 aromatic carbocycles. The Hall–Kier alpha value is -6.20. The highest BCUT2D eigenvalue weighted by Gasteiger charge is 2.46. The molecule has 1 rings (SSSR count). The van der Waals surface area contributed by atoms with Crippen LogP contribution in [0, 0.1) is 41.4 Å². The Balaban J connectivity index is 4.29. The first-order chi connectivity index (χ1) is 42.6. The molecule has 0 spiro atoms. The Morgan fingerprint density at radius 1 is 0.446 bits per heavy atom. The van der Waals surface area contributed by atoms with Crippen LogP contribution in [-0.4, -0.2) is 233 Å². The van der Waals surface area contributed by atoms with E-state index < -0.39 is 156 Å². The predicted molar refractivity (Wildman–Crippen MR) is 357 cm³/mol. The van der Waals surface area contributed by atoms with E-state index in [9.17, 15) is 43.5 Å². The number of amides is 11. The van der Waals surface area contributed by atoms with Crippen LogP contribution in [0.1, 0.15) is 201 Å². The molecule has 1 heterocycles. The summed E-state index contributed by atoms with van der Waals surface area (Å²) in [7, 11) is 9.96. The van der Waals surface area contributed by atoms with Gasteiger partial charge in [-0.15, -0.1) is 0 Å². The zero-order chi connectivity index (χ0) is 71.1. The summed E-state index contributed by atoms with van der Waals surface area (Å²) in [4.78, 5) is 181. The molecule has 1 fully saturated rings. The van der Waals surface area contributed by atoms with Crippen molar-refractivity contribution in [2.45, 2.75) is 268 Å². The van der Waals surface area contributed by atoms with Crippen molar-refractivity contribution < 1.29 is 62.6 Å². The standard InChI is InChI=1S/C68H123N11O13/c1-25-49-64(88)73(18)38-54(81)74(19)50(34-39(2)3)61(85)72-55(43(10)11)67(91)75(20)51(35-40(4)5)60(84)69-47(16)59(83)70-48(17)63(87)76(21)52(36-41(6)7)65(89)77(22)53(37-42(8)9)66(90)78(23)56(44(12)13)68(92)79(24)57(62(86)71-49)58(82)45(14)32-30-28-26-27-29-31-33-46(15)80/h39-45,47-53,55-58,82H,25-38H2,1-24H3,(H,69,84)(H,70,83)(H,71,86)(H,72,85)/t45-,47+,48-,49+,50+,51+,52+,53+,55+,56+,57+,58-/m1/s1. The first-order valence-corrected chi connectivity index (χ1v) is 33.8. The van der Waals surface area contributed by atoms with Gasteiger partial charge in [0, 0.05) is 55.8 Å². The summed E-state index contributed by atoms with van der Waals surface area (Å²) in [6, 6.07) is -12.4. The van der Waals surface area contributed by atoms with Crippen LogP contribution in [0.15, 0.2) is 0 Å². The van der Waals surface area contributed by atoms with E-state index in [1.54, 1.807) is 48.5 Å². The number of aliphatic hydroxyl groups excluding tert-OH is 1. The minimum Gasteiger partial charge on any atom is -0.390 e. The number of carbonyl (C=O) groups excluding carboxylic acids is 12. The third-order valence-electron chi connectivity index (χ3n) is 17.8. The summed E-state index contributed by atoms with van der Waals surface area (Å²) >= 11 is 0. The molecule has 0 bridgehead atoms. The summed E-state index contributed by atoms with van der Waals surface area (Å²) in [6.07, 6.45) is 5.12. The van der Waals surface area contributed by atoms with Gasteiger partial charge in [0.15, 0.2) is 0 Å². The second kappa shape index (κ2) is 39.5. The zero-order valence-electron chi connectivity index (χ0n) is 60.8. The van der Waals surface area contributed by atoms with Crippen LogP contribution < -0.4 is 21.3 Å². The lowest BCUT2D eigenvalue weighted by Crippen LogP contribution is -2.63. The van der Waals surface area contributed by atoms with Gasteiger partial charge in [-0.05, 0) is 107 Å². The number of nitrogens with one attached hydrogen (secondary N) is 4. The molecule has 1 aliphatic heterocycles. The van der Waals surface area contributed by atoms with Crippen LogP contribution in [-0.2, 0) is 57.5 Å². The van der Waals surface area contributed by atoms with Gasteiger partial charge in [0.25, 0.3) is 0 Å². The largest absolute Gasteiger partial charge is 0.390 e. The lowest BCUT2D eigenvalue weighted by atomic mass is 9.90. The van der Waals surface area contributed by atoms with Gasteiger partial charge in [0.2, 0.25) is 65.0 Å².